The van der Waals surface area contributed by atoms with Crippen molar-refractivity contribution in [2.75, 3.05) is 32.2 Å². The Kier molecular flexibility index (Phi) is 4.58. The number of benzene rings is 1. The van der Waals surface area contributed by atoms with Gasteiger partial charge < -0.3 is 14.4 Å². The summed E-state index contributed by atoms with van der Waals surface area (Å²) in [5.74, 6) is 0.292. The zero-order chi connectivity index (χ0) is 19.0. The molecule has 10 heteroatoms. The van der Waals surface area contributed by atoms with E-state index in [1.54, 1.807) is 24.3 Å². The summed E-state index contributed by atoms with van der Waals surface area (Å²) >= 11 is 2.79. The van der Waals surface area contributed by atoms with Crippen molar-refractivity contribution in [2.45, 2.75) is 0 Å². The van der Waals surface area contributed by atoms with E-state index in [2.05, 4.69) is 15.8 Å². The maximum atomic E-state index is 12.3. The van der Waals surface area contributed by atoms with Crippen molar-refractivity contribution >= 4 is 49.1 Å². The fraction of sp³-hybridized carbons (Fsp3) is 0.235. The Morgan fingerprint density at radius 1 is 1.04 bits per heavy atom. The first-order chi connectivity index (χ1) is 13.0. The molecule has 1 aliphatic heterocycles. The highest BCUT2D eigenvalue weighted by molar-refractivity contribution is 7.29. The van der Waals surface area contributed by atoms with E-state index < -0.39 is 5.91 Å². The van der Waals surface area contributed by atoms with Crippen LogP contribution in [-0.4, -0.2) is 44.1 Å². The lowest BCUT2D eigenvalue weighted by molar-refractivity contribution is 0.0848. The first-order valence-electron chi connectivity index (χ1n) is 8.09. The summed E-state index contributed by atoms with van der Waals surface area (Å²) in [5, 5.41) is 0.884. The lowest BCUT2D eigenvalue weighted by Gasteiger charge is -2.18. The first-order valence-corrected chi connectivity index (χ1v) is 9.72. The van der Waals surface area contributed by atoms with Gasteiger partial charge in [-0.1, -0.05) is 11.3 Å². The number of hydrazine groups is 1. The number of fused-ring (bicyclic) bond motifs is 2. The molecule has 3 heterocycles. The maximum absolute atomic E-state index is 12.3. The number of carbonyl (C=O) groups excluding carboxylic acids is 2. The van der Waals surface area contributed by atoms with Gasteiger partial charge in [-0.15, -0.1) is 11.3 Å². The summed E-state index contributed by atoms with van der Waals surface area (Å²) in [7, 11) is 3.84. The van der Waals surface area contributed by atoms with E-state index >= 15 is 0 Å². The largest absolute Gasteiger partial charge is 0.486 e. The van der Waals surface area contributed by atoms with E-state index in [0.29, 0.717) is 35.2 Å². The highest BCUT2D eigenvalue weighted by Gasteiger charge is 2.17. The Morgan fingerprint density at radius 3 is 2.52 bits per heavy atom. The van der Waals surface area contributed by atoms with E-state index in [-0.39, 0.29) is 5.91 Å². The topological polar surface area (TPSA) is 92.8 Å². The van der Waals surface area contributed by atoms with Crippen molar-refractivity contribution in [1.29, 1.82) is 0 Å². The molecule has 0 bridgehead atoms. The van der Waals surface area contributed by atoms with Crippen molar-refractivity contribution < 1.29 is 19.1 Å². The number of nitrogens with one attached hydrogen (secondary N) is 2. The van der Waals surface area contributed by atoms with Crippen LogP contribution in [0.4, 0.5) is 5.13 Å². The zero-order valence-electron chi connectivity index (χ0n) is 14.6. The number of hydrogen-bond acceptors (Lipinski definition) is 8. The molecule has 0 aliphatic carbocycles. The number of anilines is 1. The molecule has 2 N–H and O–H groups in total. The molecule has 0 saturated carbocycles. The highest BCUT2D eigenvalue weighted by atomic mass is 32.1. The molecule has 3 aromatic rings. The lowest BCUT2D eigenvalue weighted by Crippen LogP contribution is -2.41. The van der Waals surface area contributed by atoms with Crippen molar-refractivity contribution in [1.82, 2.24) is 15.8 Å². The molecule has 2 aromatic heterocycles. The minimum absolute atomic E-state index is 0.365. The molecule has 0 spiro atoms. The van der Waals surface area contributed by atoms with E-state index in [9.17, 15) is 9.59 Å². The Labute approximate surface area is 162 Å². The second-order valence-electron chi connectivity index (χ2n) is 5.94. The summed E-state index contributed by atoms with van der Waals surface area (Å²) < 4.78 is 11.8. The van der Waals surface area contributed by atoms with Gasteiger partial charge in [0.1, 0.15) is 18.0 Å². The molecule has 1 aliphatic rings. The Hall–Kier alpha value is -2.85. The minimum Gasteiger partial charge on any atom is -0.486 e. The Balaban J connectivity index is 1.41. The molecule has 27 heavy (non-hydrogen) atoms. The number of nitrogens with zero attached hydrogens (tertiary/aromatic N) is 2. The average molecular weight is 404 g/mol. The molecule has 0 unspecified atom stereocenters. The number of thiazole rings is 1. The third-order valence-electron chi connectivity index (χ3n) is 3.78. The van der Waals surface area contributed by atoms with Crippen LogP contribution in [0.25, 0.3) is 9.53 Å². The maximum Gasteiger partial charge on any atom is 0.279 e. The number of hydrogen-bond donors (Lipinski definition) is 2. The van der Waals surface area contributed by atoms with Crippen LogP contribution in [0, 0.1) is 0 Å². The summed E-state index contributed by atoms with van der Waals surface area (Å²) in [6.07, 6.45) is 0. The summed E-state index contributed by atoms with van der Waals surface area (Å²) in [5.41, 5.74) is 5.21. The molecule has 0 radical (unpaired) electrons. The van der Waals surface area contributed by atoms with Crippen molar-refractivity contribution in [3.8, 4) is 11.5 Å². The number of aromatic nitrogens is 1. The van der Waals surface area contributed by atoms with Crippen molar-refractivity contribution in [2.24, 2.45) is 0 Å². The van der Waals surface area contributed by atoms with Crippen LogP contribution < -0.4 is 25.2 Å². The van der Waals surface area contributed by atoms with Crippen LogP contribution in [0.15, 0.2) is 24.3 Å². The fourth-order valence-corrected chi connectivity index (χ4v) is 4.49. The average Bonchev–Trinajstić information content (AvgIpc) is 3.25. The number of ether oxygens (including phenoxy) is 2. The summed E-state index contributed by atoms with van der Waals surface area (Å²) in [4.78, 5) is 32.3. The Bertz CT molecular complexity index is 996. The fourth-order valence-electron chi connectivity index (χ4n) is 2.46. The summed E-state index contributed by atoms with van der Waals surface area (Å²) in [6, 6.07) is 6.65. The molecular formula is C17H16N4O4S2. The SMILES string of the molecule is CN(C)c1nc2sc(C(=O)NNC(=O)c3ccc4c(c3)OCCO4)cc2s1. The van der Waals surface area contributed by atoms with Crippen LogP contribution in [0.2, 0.25) is 0 Å². The van der Waals surface area contributed by atoms with Crippen LogP contribution in [0.3, 0.4) is 0 Å². The number of thiophene rings is 1. The van der Waals surface area contributed by atoms with E-state index in [1.165, 1.54) is 22.7 Å². The van der Waals surface area contributed by atoms with Crippen LogP contribution in [0.1, 0.15) is 20.0 Å². The molecule has 2 amide bonds. The normalized spacial score (nSPS) is 12.7. The highest BCUT2D eigenvalue weighted by Crippen LogP contribution is 2.34. The van der Waals surface area contributed by atoms with Gasteiger partial charge in [0.05, 0.1) is 9.58 Å². The first kappa shape index (κ1) is 17.6. The summed E-state index contributed by atoms with van der Waals surface area (Å²) in [6.45, 7) is 0.922. The van der Waals surface area contributed by atoms with Gasteiger partial charge in [-0.25, -0.2) is 4.98 Å². The number of amides is 2. The number of rotatable bonds is 3. The van der Waals surface area contributed by atoms with Gasteiger partial charge in [-0.2, -0.15) is 0 Å². The third kappa shape index (κ3) is 3.53. The van der Waals surface area contributed by atoms with Gasteiger partial charge in [0.2, 0.25) is 0 Å². The molecule has 0 atom stereocenters. The van der Waals surface area contributed by atoms with Crippen molar-refractivity contribution in [3.63, 3.8) is 0 Å². The molecule has 140 valence electrons. The predicted octanol–water partition coefficient (Wildman–Crippen LogP) is 2.27. The molecule has 1 aromatic carbocycles. The quantitative estimate of drug-likeness (QED) is 0.651. The predicted molar refractivity (Wildman–Crippen MR) is 104 cm³/mol. The Morgan fingerprint density at radius 2 is 1.78 bits per heavy atom. The molecular weight excluding hydrogens is 388 g/mol. The third-order valence-corrected chi connectivity index (χ3v) is 6.11. The molecule has 0 saturated heterocycles. The second-order valence-corrected chi connectivity index (χ2v) is 7.98. The lowest BCUT2D eigenvalue weighted by atomic mass is 10.2. The van der Waals surface area contributed by atoms with Gasteiger partial charge in [0.15, 0.2) is 16.6 Å². The zero-order valence-corrected chi connectivity index (χ0v) is 16.2. The van der Waals surface area contributed by atoms with Gasteiger partial charge in [-0.3, -0.25) is 20.4 Å². The van der Waals surface area contributed by atoms with Gasteiger partial charge in [0, 0.05) is 19.7 Å². The van der Waals surface area contributed by atoms with Crippen molar-refractivity contribution in [3.05, 3.63) is 34.7 Å². The molecule has 0 fully saturated rings. The van der Waals surface area contributed by atoms with Gasteiger partial charge >= 0.3 is 0 Å². The molecule has 4 rings (SSSR count). The van der Waals surface area contributed by atoms with E-state index in [1.807, 2.05) is 19.0 Å². The van der Waals surface area contributed by atoms with Crippen LogP contribution in [0.5, 0.6) is 11.5 Å². The molecule has 8 nitrogen and oxygen atoms in total. The standard InChI is InChI=1S/C17H16N4O4S2/c1-21(2)17-18-16-13(27-17)8-12(26-16)15(23)20-19-14(22)9-3-4-10-11(7-9)25-6-5-24-10/h3-4,7-8H,5-6H2,1-2H3,(H,19,22)(H,20,23). The minimum atomic E-state index is -0.438. The monoisotopic (exact) mass is 404 g/mol. The van der Waals surface area contributed by atoms with E-state index in [4.69, 9.17) is 9.47 Å². The van der Waals surface area contributed by atoms with Crippen LogP contribution >= 0.6 is 22.7 Å². The second kappa shape index (κ2) is 7.05. The van der Waals surface area contributed by atoms with E-state index in [0.717, 1.165) is 14.7 Å². The number of carbonyl (C=O) groups is 2. The van der Waals surface area contributed by atoms with Crippen LogP contribution in [-0.2, 0) is 0 Å². The smallest absolute Gasteiger partial charge is 0.279 e. The van der Waals surface area contributed by atoms with Gasteiger partial charge in [-0.05, 0) is 24.3 Å². The van der Waals surface area contributed by atoms with Gasteiger partial charge in [0.25, 0.3) is 11.8 Å².